The Morgan fingerprint density at radius 1 is 1.32 bits per heavy atom. The molecule has 0 unspecified atom stereocenters. The first kappa shape index (κ1) is 13.2. The van der Waals surface area contributed by atoms with Gasteiger partial charge >= 0.3 is 0 Å². The minimum Gasteiger partial charge on any atom is -0.258 e. The molecule has 100 valence electrons. The molecule has 0 aliphatic carbocycles. The van der Waals surface area contributed by atoms with Gasteiger partial charge < -0.3 is 0 Å². The van der Waals surface area contributed by atoms with Crippen molar-refractivity contribution in [2.24, 2.45) is 0 Å². The van der Waals surface area contributed by atoms with Crippen molar-refractivity contribution in [1.29, 1.82) is 0 Å². The molecule has 0 aliphatic rings. The Hall–Kier alpha value is -2.22. The van der Waals surface area contributed by atoms with E-state index in [9.17, 15) is 18.5 Å². The molecule has 1 heterocycles. The second kappa shape index (κ2) is 4.47. The number of benzene rings is 1. The van der Waals surface area contributed by atoms with Crippen LogP contribution in [0.4, 0.5) is 5.69 Å². The molecule has 2 rings (SSSR count). The monoisotopic (exact) mass is 281 g/mol. The van der Waals surface area contributed by atoms with E-state index in [2.05, 4.69) is 5.10 Å². The van der Waals surface area contributed by atoms with Crippen LogP contribution in [0.2, 0.25) is 0 Å². The lowest BCUT2D eigenvalue weighted by Gasteiger charge is -2.05. The third-order valence-corrected chi connectivity index (χ3v) is 3.65. The van der Waals surface area contributed by atoms with Crippen LogP contribution in [0.3, 0.4) is 0 Å². The molecule has 0 bridgehead atoms. The summed E-state index contributed by atoms with van der Waals surface area (Å²) >= 11 is 0. The van der Waals surface area contributed by atoms with Gasteiger partial charge in [0.2, 0.25) is 0 Å². The van der Waals surface area contributed by atoms with Gasteiger partial charge in [-0.15, -0.1) is 0 Å². The van der Waals surface area contributed by atoms with Crippen LogP contribution in [-0.2, 0) is 9.84 Å². The van der Waals surface area contributed by atoms with Gasteiger partial charge in [0.05, 0.1) is 15.5 Å². The third kappa shape index (κ3) is 2.63. The van der Waals surface area contributed by atoms with Crippen molar-refractivity contribution >= 4 is 15.5 Å². The van der Waals surface area contributed by atoms with Crippen molar-refractivity contribution in [2.75, 3.05) is 6.26 Å². The number of aryl methyl sites for hydroxylation is 1. The van der Waals surface area contributed by atoms with Crippen LogP contribution in [0.5, 0.6) is 0 Å². The average molecular weight is 281 g/mol. The van der Waals surface area contributed by atoms with Crippen LogP contribution in [0, 0.1) is 17.0 Å². The largest absolute Gasteiger partial charge is 0.296 e. The molecule has 0 aliphatic heterocycles. The van der Waals surface area contributed by atoms with Crippen molar-refractivity contribution in [1.82, 2.24) is 9.78 Å². The summed E-state index contributed by atoms with van der Waals surface area (Å²) in [6.45, 7) is 1.76. The quantitative estimate of drug-likeness (QED) is 0.627. The summed E-state index contributed by atoms with van der Waals surface area (Å²) in [5, 5.41) is 15.1. The Morgan fingerprint density at radius 3 is 2.47 bits per heavy atom. The molecule has 1 aromatic carbocycles. The number of nitro benzene ring substituents is 1. The molecular weight excluding hydrogens is 270 g/mol. The van der Waals surface area contributed by atoms with Crippen LogP contribution >= 0.6 is 0 Å². The Balaban J connectivity index is 2.66. The standard InChI is InChI=1S/C11H11N3O4S/c1-8-5-6-13(12-8)10-4-3-9(19(2,17)18)7-11(10)14(15)16/h3-7H,1-2H3. The number of hydrogen-bond donors (Lipinski definition) is 0. The predicted molar refractivity (Wildman–Crippen MR) is 68.1 cm³/mol. The van der Waals surface area contributed by atoms with Gasteiger partial charge in [0.25, 0.3) is 5.69 Å². The van der Waals surface area contributed by atoms with Gasteiger partial charge in [-0.2, -0.15) is 5.10 Å². The van der Waals surface area contributed by atoms with E-state index in [1.54, 1.807) is 19.2 Å². The fourth-order valence-electron chi connectivity index (χ4n) is 1.62. The van der Waals surface area contributed by atoms with Gasteiger partial charge in [-0.05, 0) is 25.1 Å². The van der Waals surface area contributed by atoms with E-state index >= 15 is 0 Å². The number of rotatable bonds is 3. The maximum Gasteiger partial charge on any atom is 0.296 e. The molecule has 0 atom stereocenters. The van der Waals surface area contributed by atoms with Crippen LogP contribution < -0.4 is 0 Å². The van der Waals surface area contributed by atoms with Crippen molar-refractivity contribution in [3.63, 3.8) is 0 Å². The number of hydrogen-bond acceptors (Lipinski definition) is 5. The summed E-state index contributed by atoms with van der Waals surface area (Å²) in [5.41, 5.74) is 0.637. The number of sulfone groups is 1. The van der Waals surface area contributed by atoms with Gasteiger partial charge in [-0.1, -0.05) is 0 Å². The summed E-state index contributed by atoms with van der Waals surface area (Å²) < 4.78 is 24.2. The highest BCUT2D eigenvalue weighted by Gasteiger charge is 2.20. The summed E-state index contributed by atoms with van der Waals surface area (Å²) in [5.74, 6) is 0. The first-order valence-electron chi connectivity index (χ1n) is 5.30. The topological polar surface area (TPSA) is 95.1 Å². The van der Waals surface area contributed by atoms with E-state index in [4.69, 9.17) is 0 Å². The zero-order valence-corrected chi connectivity index (χ0v) is 11.1. The van der Waals surface area contributed by atoms with Crippen LogP contribution in [0.25, 0.3) is 5.69 Å². The molecular formula is C11H11N3O4S. The van der Waals surface area contributed by atoms with Crippen LogP contribution in [0.1, 0.15) is 5.69 Å². The summed E-state index contributed by atoms with van der Waals surface area (Å²) in [6.07, 6.45) is 2.58. The second-order valence-corrected chi connectivity index (χ2v) is 6.10. The average Bonchev–Trinajstić information content (AvgIpc) is 2.73. The predicted octanol–water partition coefficient (Wildman–Crippen LogP) is 1.49. The zero-order chi connectivity index (χ0) is 14.2. The van der Waals surface area contributed by atoms with Gasteiger partial charge in [0.15, 0.2) is 9.84 Å². The number of aromatic nitrogens is 2. The van der Waals surface area contributed by atoms with Crippen molar-refractivity contribution in [3.05, 3.63) is 46.3 Å². The highest BCUT2D eigenvalue weighted by molar-refractivity contribution is 7.90. The first-order chi connectivity index (χ1) is 8.79. The molecule has 0 amide bonds. The van der Waals surface area contributed by atoms with Crippen LogP contribution in [0.15, 0.2) is 35.4 Å². The van der Waals surface area contributed by atoms with E-state index in [1.165, 1.54) is 16.8 Å². The van der Waals surface area contributed by atoms with E-state index in [0.717, 1.165) is 12.3 Å². The second-order valence-electron chi connectivity index (χ2n) is 4.08. The van der Waals surface area contributed by atoms with E-state index in [1.807, 2.05) is 0 Å². The maximum absolute atomic E-state index is 11.4. The molecule has 19 heavy (non-hydrogen) atoms. The summed E-state index contributed by atoms with van der Waals surface area (Å²) in [7, 11) is -3.49. The van der Waals surface area contributed by atoms with Gasteiger partial charge in [0.1, 0.15) is 5.69 Å². The van der Waals surface area contributed by atoms with E-state index < -0.39 is 14.8 Å². The molecule has 7 nitrogen and oxygen atoms in total. The molecule has 0 saturated carbocycles. The number of nitro groups is 1. The molecule has 0 fully saturated rings. The van der Waals surface area contributed by atoms with Crippen LogP contribution in [-0.4, -0.2) is 29.4 Å². The normalized spacial score (nSPS) is 11.5. The van der Waals surface area contributed by atoms with E-state index in [-0.39, 0.29) is 16.3 Å². The Morgan fingerprint density at radius 2 is 2.00 bits per heavy atom. The van der Waals surface area contributed by atoms with Gasteiger partial charge in [-0.25, -0.2) is 13.1 Å². The lowest BCUT2D eigenvalue weighted by Crippen LogP contribution is -2.04. The van der Waals surface area contributed by atoms with Gasteiger partial charge in [-0.3, -0.25) is 10.1 Å². The smallest absolute Gasteiger partial charge is 0.258 e. The summed E-state index contributed by atoms with van der Waals surface area (Å²) in [6, 6.07) is 5.45. The Labute approximate surface area is 109 Å². The van der Waals surface area contributed by atoms with E-state index in [0.29, 0.717) is 5.69 Å². The van der Waals surface area contributed by atoms with Gasteiger partial charge in [0, 0.05) is 18.5 Å². The zero-order valence-electron chi connectivity index (χ0n) is 10.3. The molecule has 0 radical (unpaired) electrons. The number of nitrogens with zero attached hydrogens (tertiary/aromatic N) is 3. The highest BCUT2D eigenvalue weighted by atomic mass is 32.2. The fraction of sp³-hybridized carbons (Fsp3) is 0.182. The minimum absolute atomic E-state index is 0.0909. The molecule has 0 saturated heterocycles. The molecule has 0 N–H and O–H groups in total. The fourth-order valence-corrected chi connectivity index (χ4v) is 2.26. The van der Waals surface area contributed by atoms with Crippen molar-refractivity contribution < 1.29 is 13.3 Å². The minimum atomic E-state index is -3.49. The summed E-state index contributed by atoms with van der Waals surface area (Å²) in [4.78, 5) is 10.3. The molecule has 1 aromatic heterocycles. The lowest BCUT2D eigenvalue weighted by atomic mass is 10.2. The Bertz CT molecular complexity index is 749. The van der Waals surface area contributed by atoms with Crippen molar-refractivity contribution in [2.45, 2.75) is 11.8 Å². The van der Waals surface area contributed by atoms with Crippen molar-refractivity contribution in [3.8, 4) is 5.69 Å². The molecule has 8 heteroatoms. The highest BCUT2D eigenvalue weighted by Crippen LogP contribution is 2.26. The third-order valence-electron chi connectivity index (χ3n) is 2.54. The molecule has 2 aromatic rings. The maximum atomic E-state index is 11.4. The Kier molecular flexibility index (Phi) is 3.11. The molecule has 0 spiro atoms. The SMILES string of the molecule is Cc1ccn(-c2ccc(S(C)(=O)=O)cc2[N+](=O)[O-])n1. The lowest BCUT2D eigenvalue weighted by molar-refractivity contribution is -0.384. The first-order valence-corrected chi connectivity index (χ1v) is 7.19.